The molecule has 2 heterocycles. The van der Waals surface area contributed by atoms with Gasteiger partial charge in [0, 0.05) is 26.2 Å². The Labute approximate surface area is 132 Å². The fraction of sp³-hybridized carbons (Fsp3) is 0.615. The molecule has 8 heteroatoms. The molecule has 0 spiro atoms. The third-order valence-electron chi connectivity index (χ3n) is 2.98. The number of aromatic nitrogens is 2. The number of hydrogen-bond donors (Lipinski definition) is 1. The van der Waals surface area contributed by atoms with E-state index in [9.17, 15) is 4.79 Å². The maximum absolute atomic E-state index is 12.0. The van der Waals surface area contributed by atoms with Crippen molar-refractivity contribution >= 4 is 33.7 Å². The van der Waals surface area contributed by atoms with Gasteiger partial charge in [0.15, 0.2) is 11.6 Å². The fourth-order valence-electron chi connectivity index (χ4n) is 2.05. The van der Waals surface area contributed by atoms with Gasteiger partial charge in [-0.25, -0.2) is 14.8 Å². The van der Waals surface area contributed by atoms with Gasteiger partial charge in [0.25, 0.3) is 0 Å². The van der Waals surface area contributed by atoms with Gasteiger partial charge in [-0.05, 0) is 36.7 Å². The van der Waals surface area contributed by atoms with Gasteiger partial charge in [-0.2, -0.15) is 0 Å². The second-order valence-electron chi connectivity index (χ2n) is 5.86. The quantitative estimate of drug-likeness (QED) is 0.825. The Morgan fingerprint density at radius 3 is 2.48 bits per heavy atom. The zero-order chi connectivity index (χ0) is 15.6. The molecule has 0 saturated carbocycles. The van der Waals surface area contributed by atoms with Crippen LogP contribution in [0.15, 0.2) is 10.8 Å². The number of piperazine rings is 1. The van der Waals surface area contributed by atoms with E-state index in [0.717, 1.165) is 0 Å². The van der Waals surface area contributed by atoms with Gasteiger partial charge >= 0.3 is 6.09 Å². The van der Waals surface area contributed by atoms with E-state index < -0.39 is 5.60 Å². The Morgan fingerprint density at radius 1 is 1.33 bits per heavy atom. The number of rotatable bonds is 1. The minimum Gasteiger partial charge on any atom is -0.444 e. The Hall–Kier alpha value is -1.57. The maximum Gasteiger partial charge on any atom is 0.410 e. The van der Waals surface area contributed by atoms with Crippen molar-refractivity contribution in [3.8, 4) is 0 Å². The SMILES string of the molecule is CC(C)(C)OC(=O)N1CCN(c2ncc(Br)nc2N)CC1. The van der Waals surface area contributed by atoms with Crippen LogP contribution < -0.4 is 10.6 Å². The van der Waals surface area contributed by atoms with Crippen LogP contribution in [0.5, 0.6) is 0 Å². The van der Waals surface area contributed by atoms with E-state index in [4.69, 9.17) is 10.5 Å². The van der Waals surface area contributed by atoms with E-state index in [-0.39, 0.29) is 6.09 Å². The van der Waals surface area contributed by atoms with E-state index in [1.54, 1.807) is 11.1 Å². The van der Waals surface area contributed by atoms with Gasteiger partial charge in [0.2, 0.25) is 0 Å². The smallest absolute Gasteiger partial charge is 0.410 e. The van der Waals surface area contributed by atoms with Crippen LogP contribution in [0.4, 0.5) is 16.4 Å². The molecule has 0 unspecified atom stereocenters. The summed E-state index contributed by atoms with van der Waals surface area (Å²) in [6.07, 6.45) is 1.34. The first-order chi connectivity index (χ1) is 9.76. The van der Waals surface area contributed by atoms with Crippen LogP contribution in [0.3, 0.4) is 0 Å². The van der Waals surface area contributed by atoms with Gasteiger partial charge in [-0.15, -0.1) is 0 Å². The lowest BCUT2D eigenvalue weighted by Crippen LogP contribution is -2.50. The molecule has 1 fully saturated rings. The second-order valence-corrected chi connectivity index (χ2v) is 6.67. The molecule has 7 nitrogen and oxygen atoms in total. The van der Waals surface area contributed by atoms with Crippen molar-refractivity contribution in [2.24, 2.45) is 0 Å². The molecule has 2 N–H and O–H groups in total. The molecule has 0 radical (unpaired) electrons. The first kappa shape index (κ1) is 15.8. The first-order valence-corrected chi connectivity index (χ1v) is 7.56. The molecule has 1 saturated heterocycles. The first-order valence-electron chi connectivity index (χ1n) is 6.77. The lowest BCUT2D eigenvalue weighted by atomic mass is 10.2. The summed E-state index contributed by atoms with van der Waals surface area (Å²) in [5, 5.41) is 0. The molecule has 21 heavy (non-hydrogen) atoms. The van der Waals surface area contributed by atoms with Crippen molar-refractivity contribution in [1.82, 2.24) is 14.9 Å². The number of hydrogen-bond acceptors (Lipinski definition) is 6. The average Bonchev–Trinajstić information content (AvgIpc) is 2.37. The van der Waals surface area contributed by atoms with Gasteiger partial charge in [0.05, 0.1) is 6.20 Å². The lowest BCUT2D eigenvalue weighted by Gasteiger charge is -2.36. The topological polar surface area (TPSA) is 84.6 Å². The number of ether oxygens (including phenoxy) is 1. The normalized spacial score (nSPS) is 16.0. The third kappa shape index (κ3) is 4.20. The van der Waals surface area contributed by atoms with Crippen molar-refractivity contribution in [3.05, 3.63) is 10.8 Å². The molecule has 0 atom stereocenters. The van der Waals surface area contributed by atoms with Crippen LogP contribution >= 0.6 is 15.9 Å². The van der Waals surface area contributed by atoms with Crippen LogP contribution in [0, 0.1) is 0 Å². The molecule has 1 aromatic heterocycles. The molecule has 116 valence electrons. The molecule has 1 aliphatic rings. The van der Waals surface area contributed by atoms with E-state index in [1.807, 2.05) is 25.7 Å². The highest BCUT2D eigenvalue weighted by atomic mass is 79.9. The number of carbonyl (C=O) groups excluding carboxylic acids is 1. The number of carbonyl (C=O) groups is 1. The number of nitrogens with zero attached hydrogens (tertiary/aromatic N) is 4. The predicted molar refractivity (Wildman–Crippen MR) is 84.2 cm³/mol. The molecule has 0 aromatic carbocycles. The Kier molecular flexibility index (Phi) is 4.55. The maximum atomic E-state index is 12.0. The standard InChI is InChI=1S/C13H20BrN5O2/c1-13(2,3)21-12(20)19-6-4-18(5-7-19)11-10(15)17-9(14)8-16-11/h8H,4-7H2,1-3H3,(H2,15,17). The molecule has 1 aliphatic heterocycles. The average molecular weight is 358 g/mol. The highest BCUT2D eigenvalue weighted by molar-refractivity contribution is 9.10. The number of nitrogen functional groups attached to an aromatic ring is 1. The molecule has 1 aromatic rings. The zero-order valence-electron chi connectivity index (χ0n) is 12.5. The molecule has 0 aliphatic carbocycles. The molecule has 1 amide bonds. The zero-order valence-corrected chi connectivity index (χ0v) is 14.1. The number of halogens is 1. The van der Waals surface area contributed by atoms with Crippen LogP contribution in [-0.2, 0) is 4.74 Å². The minimum atomic E-state index is -0.476. The van der Waals surface area contributed by atoms with E-state index in [0.29, 0.717) is 42.4 Å². The monoisotopic (exact) mass is 357 g/mol. The molecular weight excluding hydrogens is 338 g/mol. The number of nitrogens with two attached hydrogens (primary N) is 1. The largest absolute Gasteiger partial charge is 0.444 e. The van der Waals surface area contributed by atoms with Crippen molar-refractivity contribution < 1.29 is 9.53 Å². The van der Waals surface area contributed by atoms with Gasteiger partial charge < -0.3 is 20.3 Å². The molecule has 0 bridgehead atoms. The minimum absolute atomic E-state index is 0.281. The van der Waals surface area contributed by atoms with Crippen LogP contribution in [0.2, 0.25) is 0 Å². The number of amides is 1. The summed E-state index contributed by atoms with van der Waals surface area (Å²) in [6, 6.07) is 0. The highest BCUT2D eigenvalue weighted by Gasteiger charge is 2.27. The van der Waals surface area contributed by atoms with Crippen LogP contribution in [0.25, 0.3) is 0 Å². The van der Waals surface area contributed by atoms with Gasteiger partial charge in [0.1, 0.15) is 10.2 Å². The predicted octanol–water partition coefficient (Wildman–Crippen LogP) is 1.88. The lowest BCUT2D eigenvalue weighted by molar-refractivity contribution is 0.0240. The van der Waals surface area contributed by atoms with E-state index >= 15 is 0 Å². The summed E-state index contributed by atoms with van der Waals surface area (Å²) in [7, 11) is 0. The van der Waals surface area contributed by atoms with Crippen LogP contribution in [0.1, 0.15) is 20.8 Å². The highest BCUT2D eigenvalue weighted by Crippen LogP contribution is 2.22. The summed E-state index contributed by atoms with van der Waals surface area (Å²) in [6.45, 7) is 8.04. The van der Waals surface area contributed by atoms with Crippen molar-refractivity contribution in [2.75, 3.05) is 36.8 Å². The molecule has 2 rings (SSSR count). The summed E-state index contributed by atoms with van der Waals surface area (Å²) in [4.78, 5) is 24.1. The Bertz CT molecular complexity index is 524. The van der Waals surface area contributed by atoms with Crippen molar-refractivity contribution in [3.63, 3.8) is 0 Å². The van der Waals surface area contributed by atoms with E-state index in [1.165, 1.54) is 0 Å². The van der Waals surface area contributed by atoms with Crippen LogP contribution in [-0.4, -0.2) is 52.7 Å². The number of anilines is 2. The summed E-state index contributed by atoms with van der Waals surface area (Å²) in [5.74, 6) is 1.04. The van der Waals surface area contributed by atoms with Gasteiger partial charge in [-0.3, -0.25) is 0 Å². The van der Waals surface area contributed by atoms with Crippen molar-refractivity contribution in [1.29, 1.82) is 0 Å². The second kappa shape index (κ2) is 6.05. The summed E-state index contributed by atoms with van der Waals surface area (Å²) >= 11 is 3.24. The van der Waals surface area contributed by atoms with Gasteiger partial charge in [-0.1, -0.05) is 0 Å². The van der Waals surface area contributed by atoms with E-state index in [2.05, 4.69) is 25.9 Å². The van der Waals surface area contributed by atoms with Crippen molar-refractivity contribution in [2.45, 2.75) is 26.4 Å². The Balaban J connectivity index is 1.95. The summed E-state index contributed by atoms with van der Waals surface area (Å²) < 4.78 is 5.97. The summed E-state index contributed by atoms with van der Waals surface area (Å²) in [5.41, 5.74) is 5.40. The molecular formula is C13H20BrN5O2. The fourth-order valence-corrected chi connectivity index (χ4v) is 2.34. The Morgan fingerprint density at radius 2 is 1.95 bits per heavy atom. The third-order valence-corrected chi connectivity index (χ3v) is 3.36.